The summed E-state index contributed by atoms with van der Waals surface area (Å²) in [6, 6.07) is 5.50. The van der Waals surface area contributed by atoms with E-state index in [2.05, 4.69) is 15.0 Å². The van der Waals surface area contributed by atoms with Crippen molar-refractivity contribution in [3.05, 3.63) is 46.6 Å². The topological polar surface area (TPSA) is 71.1 Å². The fraction of sp³-hybridized carbons (Fsp3) is 0.357. The van der Waals surface area contributed by atoms with Crippen molar-refractivity contribution >= 4 is 21.4 Å². The molecule has 0 aliphatic rings. The first-order valence-electron chi connectivity index (χ1n) is 6.65. The lowest BCUT2D eigenvalue weighted by Crippen LogP contribution is -2.25. The molecule has 21 heavy (non-hydrogen) atoms. The molecule has 2 aromatic rings. The van der Waals surface area contributed by atoms with Gasteiger partial charge in [-0.05, 0) is 43.7 Å². The highest BCUT2D eigenvalue weighted by Gasteiger charge is 2.18. The van der Waals surface area contributed by atoms with Crippen LogP contribution in [0.25, 0.3) is 0 Å². The van der Waals surface area contributed by atoms with Crippen LogP contribution in [0, 0.1) is 6.92 Å². The van der Waals surface area contributed by atoms with Crippen LogP contribution in [0.2, 0.25) is 0 Å². The Morgan fingerprint density at radius 3 is 2.86 bits per heavy atom. The van der Waals surface area contributed by atoms with Crippen LogP contribution in [0.4, 0.5) is 0 Å². The summed E-state index contributed by atoms with van der Waals surface area (Å²) in [4.78, 5) is 5.06. The molecular formula is C14H19N3O2S2. The van der Waals surface area contributed by atoms with E-state index in [0.29, 0.717) is 23.7 Å². The molecule has 0 amide bonds. The number of thiophene rings is 1. The van der Waals surface area contributed by atoms with E-state index in [1.54, 1.807) is 18.5 Å². The molecule has 0 atom stereocenters. The van der Waals surface area contributed by atoms with Gasteiger partial charge in [0, 0.05) is 30.4 Å². The molecular weight excluding hydrogens is 306 g/mol. The largest absolute Gasteiger partial charge is 0.315 e. The molecule has 7 heteroatoms. The zero-order valence-electron chi connectivity index (χ0n) is 12.1. The van der Waals surface area contributed by atoms with Crippen LogP contribution in [0.3, 0.4) is 0 Å². The quantitative estimate of drug-likeness (QED) is 0.813. The van der Waals surface area contributed by atoms with E-state index < -0.39 is 10.0 Å². The molecule has 0 saturated carbocycles. The molecule has 0 unspecified atom stereocenters. The first-order chi connectivity index (χ1) is 10.0. The zero-order chi connectivity index (χ0) is 15.3. The number of hydrogen-bond donors (Lipinski definition) is 2. The maximum Gasteiger partial charge on any atom is 0.250 e. The molecule has 0 aliphatic heterocycles. The summed E-state index contributed by atoms with van der Waals surface area (Å²) in [5.74, 6) is 0. The van der Waals surface area contributed by atoms with Crippen LogP contribution in [0.1, 0.15) is 16.0 Å². The predicted molar refractivity (Wildman–Crippen MR) is 84.9 cm³/mol. The number of nitrogens with one attached hydrogen (secondary N) is 2. The van der Waals surface area contributed by atoms with Gasteiger partial charge in [-0.25, -0.2) is 13.1 Å². The third-order valence-corrected chi connectivity index (χ3v) is 6.20. The minimum absolute atomic E-state index is 0.367. The summed E-state index contributed by atoms with van der Waals surface area (Å²) in [6.45, 7) is 2.98. The van der Waals surface area contributed by atoms with E-state index in [1.807, 2.05) is 26.1 Å². The van der Waals surface area contributed by atoms with Crippen molar-refractivity contribution in [2.24, 2.45) is 0 Å². The van der Waals surface area contributed by atoms with Crippen LogP contribution < -0.4 is 10.0 Å². The molecule has 0 radical (unpaired) electrons. The number of hydrogen-bond acceptors (Lipinski definition) is 5. The Kier molecular flexibility index (Phi) is 5.46. The number of aromatic nitrogens is 1. The lowest BCUT2D eigenvalue weighted by molar-refractivity contribution is 0.583. The summed E-state index contributed by atoms with van der Waals surface area (Å²) in [5.41, 5.74) is 2.01. The highest BCUT2D eigenvalue weighted by Crippen LogP contribution is 2.25. The first-order valence-corrected chi connectivity index (χ1v) is 8.95. The SMILES string of the molecule is CNCc1sc(S(=O)(=O)NCCc2cccnc2)cc1C. The standard InChI is InChI=1S/C14H19N3O2S2/c1-11-8-14(20-13(11)10-15-2)21(18,19)17-7-5-12-4-3-6-16-9-12/h3-4,6,8-9,15,17H,5,7,10H2,1-2H3. The van der Waals surface area contributed by atoms with E-state index in [0.717, 1.165) is 16.0 Å². The van der Waals surface area contributed by atoms with E-state index >= 15 is 0 Å². The molecule has 0 bridgehead atoms. The first kappa shape index (κ1) is 16.1. The Morgan fingerprint density at radius 1 is 1.38 bits per heavy atom. The molecule has 2 heterocycles. The van der Waals surface area contributed by atoms with Gasteiger partial charge in [0.05, 0.1) is 0 Å². The second-order valence-corrected chi connectivity index (χ2v) is 7.84. The summed E-state index contributed by atoms with van der Waals surface area (Å²) < 4.78 is 27.5. The maximum absolute atomic E-state index is 12.3. The second-order valence-electron chi connectivity index (χ2n) is 4.71. The van der Waals surface area contributed by atoms with Crippen molar-refractivity contribution in [2.75, 3.05) is 13.6 Å². The summed E-state index contributed by atoms with van der Waals surface area (Å²) in [5, 5.41) is 3.04. The predicted octanol–water partition coefficient (Wildman–Crippen LogP) is 1.69. The average molecular weight is 325 g/mol. The minimum Gasteiger partial charge on any atom is -0.315 e. The number of sulfonamides is 1. The second kappa shape index (κ2) is 7.13. The molecule has 2 rings (SSSR count). The van der Waals surface area contributed by atoms with Crippen LogP contribution >= 0.6 is 11.3 Å². The van der Waals surface area contributed by atoms with Crippen molar-refractivity contribution < 1.29 is 8.42 Å². The van der Waals surface area contributed by atoms with E-state index in [1.165, 1.54) is 11.3 Å². The normalized spacial score (nSPS) is 11.7. The molecule has 114 valence electrons. The highest BCUT2D eigenvalue weighted by atomic mass is 32.2. The van der Waals surface area contributed by atoms with Crippen LogP contribution in [0.15, 0.2) is 34.8 Å². The van der Waals surface area contributed by atoms with Gasteiger partial charge in [0.15, 0.2) is 0 Å². The summed E-state index contributed by atoms with van der Waals surface area (Å²) >= 11 is 1.31. The number of rotatable bonds is 7. The van der Waals surface area contributed by atoms with E-state index in [9.17, 15) is 8.42 Å². The van der Waals surface area contributed by atoms with Gasteiger partial charge in [0.1, 0.15) is 4.21 Å². The Hall–Kier alpha value is -1.28. The fourth-order valence-electron chi connectivity index (χ4n) is 1.90. The molecule has 2 N–H and O–H groups in total. The Labute approximate surface area is 129 Å². The Balaban J connectivity index is 2.00. The smallest absolute Gasteiger partial charge is 0.250 e. The molecule has 5 nitrogen and oxygen atoms in total. The van der Waals surface area contributed by atoms with E-state index in [4.69, 9.17) is 0 Å². The van der Waals surface area contributed by atoms with Gasteiger partial charge in [-0.3, -0.25) is 4.98 Å². The summed E-state index contributed by atoms with van der Waals surface area (Å²) in [7, 11) is -1.58. The molecule has 0 aliphatic carbocycles. The van der Waals surface area contributed by atoms with Crippen LogP contribution in [-0.2, 0) is 23.0 Å². The molecule has 0 saturated heterocycles. The fourth-order valence-corrected chi connectivity index (χ4v) is 4.58. The third kappa shape index (κ3) is 4.34. The van der Waals surface area contributed by atoms with Gasteiger partial charge < -0.3 is 5.32 Å². The number of aryl methyl sites for hydroxylation is 1. The Morgan fingerprint density at radius 2 is 2.19 bits per heavy atom. The molecule has 0 aromatic carbocycles. The van der Waals surface area contributed by atoms with Gasteiger partial charge in [-0.1, -0.05) is 6.07 Å². The van der Waals surface area contributed by atoms with Crippen molar-refractivity contribution in [3.63, 3.8) is 0 Å². The van der Waals surface area contributed by atoms with Crippen LogP contribution in [0.5, 0.6) is 0 Å². The average Bonchev–Trinajstić information content (AvgIpc) is 2.83. The molecule has 0 spiro atoms. The molecule has 0 fully saturated rings. The van der Waals surface area contributed by atoms with Gasteiger partial charge in [-0.2, -0.15) is 0 Å². The number of pyridine rings is 1. The van der Waals surface area contributed by atoms with Gasteiger partial charge in [-0.15, -0.1) is 11.3 Å². The van der Waals surface area contributed by atoms with E-state index in [-0.39, 0.29) is 0 Å². The van der Waals surface area contributed by atoms with Crippen LogP contribution in [-0.4, -0.2) is 27.0 Å². The van der Waals surface area contributed by atoms with Crippen molar-refractivity contribution in [1.29, 1.82) is 0 Å². The maximum atomic E-state index is 12.3. The van der Waals surface area contributed by atoms with Crippen molar-refractivity contribution in [3.8, 4) is 0 Å². The zero-order valence-corrected chi connectivity index (χ0v) is 13.7. The highest BCUT2D eigenvalue weighted by molar-refractivity contribution is 7.91. The third-order valence-electron chi connectivity index (χ3n) is 3.03. The van der Waals surface area contributed by atoms with Gasteiger partial charge in [0.2, 0.25) is 10.0 Å². The van der Waals surface area contributed by atoms with Crippen molar-refractivity contribution in [1.82, 2.24) is 15.0 Å². The lowest BCUT2D eigenvalue weighted by atomic mass is 10.2. The Bertz CT molecular complexity index is 681. The minimum atomic E-state index is -3.43. The van der Waals surface area contributed by atoms with Crippen molar-refractivity contribution in [2.45, 2.75) is 24.1 Å². The van der Waals surface area contributed by atoms with Gasteiger partial charge >= 0.3 is 0 Å². The van der Waals surface area contributed by atoms with Gasteiger partial charge in [0.25, 0.3) is 0 Å². The molecule has 2 aromatic heterocycles. The summed E-state index contributed by atoms with van der Waals surface area (Å²) in [6.07, 6.45) is 4.07. The lowest BCUT2D eigenvalue weighted by Gasteiger charge is -2.04. The number of nitrogens with zero attached hydrogens (tertiary/aromatic N) is 1. The monoisotopic (exact) mass is 325 g/mol.